The summed E-state index contributed by atoms with van der Waals surface area (Å²) >= 11 is 3.41. The van der Waals surface area contributed by atoms with E-state index in [1.807, 2.05) is 36.4 Å². The molecule has 0 saturated heterocycles. The standard InChI is InChI=1S/C30H34BrN3O2/c1-22-15-16-26(20-23(22)2)36-19-9-18-34-28-13-6-5-12-27(28)33-29(34)14-4-3-7-17-32-30(35)24-10-8-11-25(31)21-24/h5-6,8,10-13,15-16,20-21H,3-4,7,9,14,17-19H2,1-2H3,(H,32,35). The summed E-state index contributed by atoms with van der Waals surface area (Å²) in [6, 6.07) is 22.1. The maximum atomic E-state index is 12.3. The number of benzene rings is 3. The molecule has 1 amide bonds. The average molecular weight is 549 g/mol. The molecule has 5 nitrogen and oxygen atoms in total. The number of carbonyl (C=O) groups is 1. The third kappa shape index (κ3) is 6.97. The number of rotatable bonds is 12. The molecule has 0 bridgehead atoms. The van der Waals surface area contributed by atoms with Crippen LogP contribution in [-0.2, 0) is 13.0 Å². The minimum Gasteiger partial charge on any atom is -0.494 e. The lowest BCUT2D eigenvalue weighted by Crippen LogP contribution is -2.24. The van der Waals surface area contributed by atoms with Gasteiger partial charge in [-0.1, -0.05) is 46.6 Å². The van der Waals surface area contributed by atoms with Crippen LogP contribution < -0.4 is 10.1 Å². The summed E-state index contributed by atoms with van der Waals surface area (Å²) in [6.07, 6.45) is 4.87. The second kappa shape index (κ2) is 12.7. The highest BCUT2D eigenvalue weighted by atomic mass is 79.9. The van der Waals surface area contributed by atoms with Crippen molar-refractivity contribution in [3.05, 3.63) is 93.7 Å². The molecule has 0 aliphatic carbocycles. The van der Waals surface area contributed by atoms with E-state index in [0.717, 1.165) is 60.2 Å². The van der Waals surface area contributed by atoms with Crippen molar-refractivity contribution in [1.82, 2.24) is 14.9 Å². The van der Waals surface area contributed by atoms with E-state index in [-0.39, 0.29) is 5.91 Å². The highest BCUT2D eigenvalue weighted by Gasteiger charge is 2.11. The van der Waals surface area contributed by atoms with Crippen LogP contribution in [0.3, 0.4) is 0 Å². The number of halogens is 1. The van der Waals surface area contributed by atoms with Crippen LogP contribution in [-0.4, -0.2) is 28.6 Å². The van der Waals surface area contributed by atoms with Crippen LogP contribution in [0.4, 0.5) is 0 Å². The Labute approximate surface area is 222 Å². The fourth-order valence-corrected chi connectivity index (χ4v) is 4.70. The molecule has 6 heteroatoms. The second-order valence-corrected chi connectivity index (χ2v) is 10.1. The van der Waals surface area contributed by atoms with E-state index in [1.165, 1.54) is 16.6 Å². The van der Waals surface area contributed by atoms with Crippen LogP contribution in [0.5, 0.6) is 5.75 Å². The Morgan fingerprint density at radius 2 is 1.81 bits per heavy atom. The van der Waals surface area contributed by atoms with Crippen LogP contribution in [0.1, 0.15) is 53.0 Å². The van der Waals surface area contributed by atoms with Crippen LogP contribution >= 0.6 is 15.9 Å². The molecular formula is C30H34BrN3O2. The third-order valence-corrected chi connectivity index (χ3v) is 6.95. The number of amides is 1. The van der Waals surface area contributed by atoms with Gasteiger partial charge in [0.1, 0.15) is 11.6 Å². The van der Waals surface area contributed by atoms with E-state index in [9.17, 15) is 4.79 Å². The maximum Gasteiger partial charge on any atom is 0.251 e. The largest absolute Gasteiger partial charge is 0.494 e. The number of carbonyl (C=O) groups excluding carboxylic acids is 1. The van der Waals surface area contributed by atoms with Crippen molar-refractivity contribution in [3.63, 3.8) is 0 Å². The Hall–Kier alpha value is -3.12. The predicted molar refractivity (Wildman–Crippen MR) is 150 cm³/mol. The van der Waals surface area contributed by atoms with Gasteiger partial charge in [-0.3, -0.25) is 4.79 Å². The van der Waals surface area contributed by atoms with Gasteiger partial charge in [0.25, 0.3) is 5.91 Å². The summed E-state index contributed by atoms with van der Waals surface area (Å²) in [5.74, 6) is 2.03. The first kappa shape index (κ1) is 26.0. The molecule has 0 aliphatic heterocycles. The summed E-state index contributed by atoms with van der Waals surface area (Å²) in [5.41, 5.74) is 5.44. The molecule has 0 spiro atoms. The van der Waals surface area contributed by atoms with E-state index in [1.54, 1.807) is 0 Å². The van der Waals surface area contributed by atoms with E-state index in [2.05, 4.69) is 70.0 Å². The molecule has 1 aromatic heterocycles. The zero-order valence-electron chi connectivity index (χ0n) is 21.1. The minimum absolute atomic E-state index is 0.0268. The van der Waals surface area contributed by atoms with Crippen molar-refractivity contribution < 1.29 is 9.53 Å². The lowest BCUT2D eigenvalue weighted by atomic mass is 10.1. The number of hydrogen-bond acceptors (Lipinski definition) is 3. The molecule has 1 heterocycles. The van der Waals surface area contributed by atoms with Gasteiger partial charge in [-0.05, 0) is 86.7 Å². The topological polar surface area (TPSA) is 56.1 Å². The molecule has 0 radical (unpaired) electrons. The molecule has 1 N–H and O–H groups in total. The third-order valence-electron chi connectivity index (χ3n) is 6.46. The first-order chi connectivity index (χ1) is 17.5. The zero-order chi connectivity index (χ0) is 25.3. The number of imidazole rings is 1. The lowest BCUT2D eigenvalue weighted by molar-refractivity contribution is 0.0953. The average Bonchev–Trinajstić information content (AvgIpc) is 3.23. The number of ether oxygens (including phenoxy) is 1. The van der Waals surface area contributed by atoms with Crippen LogP contribution in [0.15, 0.2) is 71.2 Å². The highest BCUT2D eigenvalue weighted by molar-refractivity contribution is 9.10. The predicted octanol–water partition coefficient (Wildman–Crippen LogP) is 7.03. The SMILES string of the molecule is Cc1ccc(OCCCn2c(CCCCCNC(=O)c3cccc(Br)c3)nc3ccccc32)cc1C. The smallest absolute Gasteiger partial charge is 0.251 e. The first-order valence-electron chi connectivity index (χ1n) is 12.7. The molecular weight excluding hydrogens is 514 g/mol. The molecule has 36 heavy (non-hydrogen) atoms. The Bertz CT molecular complexity index is 1310. The number of fused-ring (bicyclic) bond motifs is 1. The van der Waals surface area contributed by atoms with E-state index in [4.69, 9.17) is 9.72 Å². The normalized spacial score (nSPS) is 11.1. The minimum atomic E-state index is -0.0268. The van der Waals surface area contributed by atoms with E-state index >= 15 is 0 Å². The summed E-state index contributed by atoms with van der Waals surface area (Å²) in [5, 5.41) is 3.02. The quantitative estimate of drug-likeness (QED) is 0.194. The number of aryl methyl sites for hydroxylation is 4. The van der Waals surface area contributed by atoms with Crippen LogP contribution in [0.2, 0.25) is 0 Å². The summed E-state index contributed by atoms with van der Waals surface area (Å²) < 4.78 is 9.26. The number of nitrogens with zero attached hydrogens (tertiary/aromatic N) is 2. The van der Waals surface area contributed by atoms with Gasteiger partial charge in [-0.2, -0.15) is 0 Å². The summed E-state index contributed by atoms with van der Waals surface area (Å²) in [6.45, 7) is 6.46. The van der Waals surface area contributed by atoms with Gasteiger partial charge < -0.3 is 14.6 Å². The van der Waals surface area contributed by atoms with Crippen molar-refractivity contribution in [1.29, 1.82) is 0 Å². The Balaban J connectivity index is 1.25. The Morgan fingerprint density at radius 3 is 2.64 bits per heavy atom. The molecule has 3 aromatic carbocycles. The lowest BCUT2D eigenvalue weighted by Gasteiger charge is -2.11. The monoisotopic (exact) mass is 547 g/mol. The van der Waals surface area contributed by atoms with Gasteiger partial charge in [0.2, 0.25) is 0 Å². The molecule has 4 rings (SSSR count). The molecule has 4 aromatic rings. The summed E-state index contributed by atoms with van der Waals surface area (Å²) in [4.78, 5) is 17.2. The van der Waals surface area contributed by atoms with Gasteiger partial charge in [0.05, 0.1) is 17.6 Å². The maximum absolute atomic E-state index is 12.3. The van der Waals surface area contributed by atoms with E-state index < -0.39 is 0 Å². The first-order valence-corrected chi connectivity index (χ1v) is 13.5. The molecule has 0 saturated carbocycles. The van der Waals surface area contributed by atoms with Gasteiger partial charge in [0.15, 0.2) is 0 Å². The molecule has 0 atom stereocenters. The number of hydrogen-bond donors (Lipinski definition) is 1. The van der Waals surface area contributed by atoms with Crippen molar-refractivity contribution in [3.8, 4) is 5.75 Å². The van der Waals surface area contributed by atoms with Gasteiger partial charge in [-0.15, -0.1) is 0 Å². The van der Waals surface area contributed by atoms with Gasteiger partial charge in [-0.25, -0.2) is 4.98 Å². The molecule has 0 fully saturated rings. The van der Waals surface area contributed by atoms with E-state index in [0.29, 0.717) is 18.7 Å². The second-order valence-electron chi connectivity index (χ2n) is 9.19. The number of aromatic nitrogens is 2. The van der Waals surface area contributed by atoms with Crippen molar-refractivity contribution in [2.75, 3.05) is 13.2 Å². The van der Waals surface area contributed by atoms with Gasteiger partial charge >= 0.3 is 0 Å². The summed E-state index contributed by atoms with van der Waals surface area (Å²) in [7, 11) is 0. The van der Waals surface area contributed by atoms with Gasteiger partial charge in [0, 0.05) is 29.5 Å². The fraction of sp³-hybridized carbons (Fsp3) is 0.333. The molecule has 0 aliphatic rings. The Morgan fingerprint density at radius 1 is 0.944 bits per heavy atom. The number of nitrogens with one attached hydrogen (secondary N) is 1. The number of para-hydroxylation sites is 2. The van der Waals surface area contributed by atoms with Crippen molar-refractivity contribution in [2.24, 2.45) is 0 Å². The van der Waals surface area contributed by atoms with Crippen molar-refractivity contribution >= 4 is 32.9 Å². The van der Waals surface area contributed by atoms with Crippen LogP contribution in [0, 0.1) is 13.8 Å². The molecule has 188 valence electrons. The number of unbranched alkanes of at least 4 members (excludes halogenated alkanes) is 2. The fourth-order valence-electron chi connectivity index (χ4n) is 4.30. The molecule has 0 unspecified atom stereocenters. The zero-order valence-corrected chi connectivity index (χ0v) is 22.7. The Kier molecular flexibility index (Phi) is 9.17. The highest BCUT2D eigenvalue weighted by Crippen LogP contribution is 2.20. The van der Waals surface area contributed by atoms with Crippen molar-refractivity contribution in [2.45, 2.75) is 52.5 Å². The van der Waals surface area contributed by atoms with Crippen LogP contribution in [0.25, 0.3) is 11.0 Å².